The van der Waals surface area contributed by atoms with Crippen molar-refractivity contribution >= 4 is 77.0 Å². The van der Waals surface area contributed by atoms with Gasteiger partial charge in [0.05, 0.1) is 12.1 Å². The van der Waals surface area contributed by atoms with Gasteiger partial charge in [0.15, 0.2) is 0 Å². The summed E-state index contributed by atoms with van der Waals surface area (Å²) in [5.41, 5.74) is 17.8. The van der Waals surface area contributed by atoms with Crippen molar-refractivity contribution in [3.8, 4) is 11.5 Å². The maximum atomic E-state index is 14.6. The molecule has 89 heavy (non-hydrogen) atoms. The second-order valence-electron chi connectivity index (χ2n) is 22.3. The molecule has 12 atom stereocenters. The van der Waals surface area contributed by atoms with Crippen LogP contribution < -0.4 is 59.7 Å². The fourth-order valence-electron chi connectivity index (χ4n) is 9.44. The molecule has 0 radical (unpaired) electrons. The Bertz CT molecular complexity index is 2800. The van der Waals surface area contributed by atoms with Crippen LogP contribution in [0.1, 0.15) is 116 Å². The van der Waals surface area contributed by atoms with Crippen LogP contribution in [0.2, 0.25) is 0 Å². The van der Waals surface area contributed by atoms with Gasteiger partial charge in [-0.2, -0.15) is 0 Å². The van der Waals surface area contributed by atoms with Gasteiger partial charge in [0.25, 0.3) is 0 Å². The number of hydrogen-bond donors (Lipinski definition) is 17. The van der Waals surface area contributed by atoms with Crippen molar-refractivity contribution in [2.45, 2.75) is 185 Å². The van der Waals surface area contributed by atoms with Gasteiger partial charge in [0, 0.05) is 38.6 Å². The molecule has 31 heteroatoms. The van der Waals surface area contributed by atoms with E-state index in [-0.39, 0.29) is 69.5 Å². The van der Waals surface area contributed by atoms with Crippen LogP contribution in [0.3, 0.4) is 0 Å². The zero-order valence-corrected chi connectivity index (χ0v) is 50.4. The maximum absolute atomic E-state index is 14.6. The average Bonchev–Trinajstić information content (AvgIpc) is 3.78. The minimum atomic E-state index is -1.93. The summed E-state index contributed by atoms with van der Waals surface area (Å²) in [5, 5.41) is 79.1. The molecule has 0 bridgehead atoms. The number of phenols is 2. The molecule has 2 aromatic carbocycles. The number of nitrogens with zero attached hydrogens (tertiary/aromatic N) is 1. The summed E-state index contributed by atoms with van der Waals surface area (Å²) in [6, 6.07) is -4.21. The van der Waals surface area contributed by atoms with Gasteiger partial charge in [-0.1, -0.05) is 58.4 Å². The first kappa shape index (κ1) is 74.3. The first-order valence-corrected chi connectivity index (χ1v) is 29.2. The van der Waals surface area contributed by atoms with Crippen molar-refractivity contribution in [1.29, 1.82) is 0 Å². The van der Waals surface area contributed by atoms with Gasteiger partial charge in [-0.25, -0.2) is 4.79 Å². The lowest BCUT2D eigenvalue weighted by molar-refractivity contribution is -0.144. The van der Waals surface area contributed by atoms with Crippen LogP contribution in [-0.4, -0.2) is 192 Å². The molecule has 20 N–H and O–H groups in total. The number of primary amides is 1. The van der Waals surface area contributed by atoms with Crippen molar-refractivity contribution < 1.29 is 93.0 Å². The topological polar surface area (TPSA) is 521 Å². The Kier molecular flexibility index (Phi) is 30.4. The highest BCUT2D eigenvalue weighted by atomic mass is 16.4. The molecule has 1 heterocycles. The number of phenolic OH excluding ortho intramolecular Hbond substituents is 2. The molecule has 3 rings (SSSR count). The summed E-state index contributed by atoms with van der Waals surface area (Å²) in [6.07, 6.45) is -4.49. The van der Waals surface area contributed by atoms with E-state index in [9.17, 15) is 87.9 Å². The smallest absolute Gasteiger partial charge is 0.326 e. The summed E-state index contributed by atoms with van der Waals surface area (Å²) in [6.45, 7) is 7.50. The molecule has 31 nitrogen and oxygen atoms in total. The summed E-state index contributed by atoms with van der Waals surface area (Å²) >= 11 is 0. The van der Waals surface area contributed by atoms with Crippen LogP contribution in [-0.2, 0) is 75.2 Å². The van der Waals surface area contributed by atoms with Crippen LogP contribution in [0.4, 0.5) is 0 Å². The number of benzene rings is 2. The Hall–Kier alpha value is -8.97. The maximum Gasteiger partial charge on any atom is 0.326 e. The Morgan fingerprint density at radius 3 is 1.44 bits per heavy atom. The highest BCUT2D eigenvalue weighted by Gasteiger charge is 2.42. The second kappa shape index (κ2) is 36.4. The molecule has 1 aliphatic heterocycles. The third-order valence-electron chi connectivity index (χ3n) is 14.9. The number of rotatable bonds is 38. The van der Waals surface area contributed by atoms with Crippen molar-refractivity contribution in [3.05, 3.63) is 59.7 Å². The molecule has 1 saturated heterocycles. The Morgan fingerprint density at radius 2 is 0.978 bits per heavy atom. The number of carboxylic acid groups (broad SMARTS) is 3. The molecular formula is C58H86N12O19. The number of carboxylic acids is 3. The Balaban J connectivity index is 1.90. The largest absolute Gasteiger partial charge is 0.508 e. The molecule has 2 aromatic rings. The highest BCUT2D eigenvalue weighted by Crippen LogP contribution is 2.22. The minimum absolute atomic E-state index is 0.0259. The number of carbonyl (C=O) groups excluding carboxylic acids is 10. The van der Waals surface area contributed by atoms with E-state index in [0.717, 1.165) is 11.8 Å². The molecule has 0 spiro atoms. The fourth-order valence-corrected chi connectivity index (χ4v) is 9.44. The van der Waals surface area contributed by atoms with E-state index in [1.54, 1.807) is 13.8 Å². The number of amides is 10. The third kappa shape index (κ3) is 24.6. The zero-order chi connectivity index (χ0) is 66.8. The molecule has 492 valence electrons. The lowest BCUT2D eigenvalue weighted by atomic mass is 9.98. The lowest BCUT2D eigenvalue weighted by Crippen LogP contribution is -2.62. The number of aliphatic hydroxyl groups is 1. The van der Waals surface area contributed by atoms with Crippen LogP contribution in [0, 0.1) is 11.8 Å². The first-order valence-electron chi connectivity index (χ1n) is 29.2. The van der Waals surface area contributed by atoms with E-state index in [4.69, 9.17) is 22.3 Å². The van der Waals surface area contributed by atoms with Crippen molar-refractivity contribution in [1.82, 2.24) is 47.4 Å². The standard InChI is InChI=1S/C58H86N12O19/c1-6-30(4)47(58(88)89)68-53(83)40(27-32-11-15-34(72)16-12-32)66-51(81)38(20-22-43(61)74)63-55(85)42-10-8-26-70(42)57(87)46(29(2)3)67-52(82)39(21-24-45(77)78)64-56(86)48(31(5)71)69-54(84)41(28-33-13-17-35(73)18-14-33)65-50(80)37(9-7-25-59)62-49(79)36(60)19-23-44(75)76/h11-18,29-31,36-42,46-48,71-73H,6-10,19-28,59-60H2,1-5H3,(H2,61,74)(H,62,79)(H,63,85)(H,64,86)(H,65,80)(H,66,81)(H,67,82)(H,68,83)(H,69,84)(H,75,76)(H,77,78)(H,88,89)/t30-,31+,36-,37-,38-,39-,40-,41-,42-,46-,47-,48-/m0/s1. The molecule has 0 aliphatic carbocycles. The quantitative estimate of drug-likeness (QED) is 0.0318. The Labute approximate surface area is 513 Å². The summed E-state index contributed by atoms with van der Waals surface area (Å²) in [7, 11) is 0. The van der Waals surface area contributed by atoms with Gasteiger partial charge < -0.3 is 95.3 Å². The van der Waals surface area contributed by atoms with E-state index < -0.39 is 187 Å². The summed E-state index contributed by atoms with van der Waals surface area (Å²) in [5.74, 6) is -15.3. The van der Waals surface area contributed by atoms with Crippen LogP contribution in [0.5, 0.6) is 11.5 Å². The van der Waals surface area contributed by atoms with E-state index in [0.29, 0.717) is 17.5 Å². The highest BCUT2D eigenvalue weighted by molar-refractivity contribution is 5.99. The van der Waals surface area contributed by atoms with Gasteiger partial charge in [-0.05, 0) is 106 Å². The summed E-state index contributed by atoms with van der Waals surface area (Å²) < 4.78 is 0. The SMILES string of the molecule is CC[C@H](C)[C@H](NC(=O)[C@H](Cc1ccc(O)cc1)NC(=O)[C@H](CCC(N)=O)NC(=O)[C@@H]1CCCN1C(=O)[C@@H](NC(=O)[C@H](CCC(=O)O)NC(=O)[C@@H](NC(=O)[C@H](Cc1ccc(O)cc1)NC(=O)[C@H](CCCN)NC(=O)[C@@H](N)CCC(=O)O)[C@@H](C)O)C(C)C)C(=O)O. The number of aromatic hydroxyl groups is 2. The molecule has 0 saturated carbocycles. The first-order chi connectivity index (χ1) is 41.9. The van der Waals surface area contributed by atoms with Crippen LogP contribution >= 0.6 is 0 Å². The van der Waals surface area contributed by atoms with E-state index in [2.05, 4.69) is 42.5 Å². The predicted molar refractivity (Wildman–Crippen MR) is 316 cm³/mol. The van der Waals surface area contributed by atoms with E-state index >= 15 is 0 Å². The van der Waals surface area contributed by atoms with Crippen LogP contribution in [0.15, 0.2) is 48.5 Å². The lowest BCUT2D eigenvalue weighted by Gasteiger charge is -2.32. The van der Waals surface area contributed by atoms with Gasteiger partial charge in [-0.3, -0.25) is 57.5 Å². The predicted octanol–water partition coefficient (Wildman–Crippen LogP) is -3.02. The normalized spacial score (nSPS) is 16.6. The van der Waals surface area contributed by atoms with Crippen molar-refractivity contribution in [2.75, 3.05) is 13.1 Å². The molecule has 10 amide bonds. The van der Waals surface area contributed by atoms with E-state index in [1.165, 1.54) is 62.4 Å². The Morgan fingerprint density at radius 1 is 0.551 bits per heavy atom. The number of carbonyl (C=O) groups is 13. The summed E-state index contributed by atoms with van der Waals surface area (Å²) in [4.78, 5) is 175. The minimum Gasteiger partial charge on any atom is -0.508 e. The zero-order valence-electron chi connectivity index (χ0n) is 50.4. The number of nitrogens with one attached hydrogen (secondary N) is 8. The van der Waals surface area contributed by atoms with Crippen LogP contribution in [0.25, 0.3) is 0 Å². The van der Waals surface area contributed by atoms with Gasteiger partial charge in [0.2, 0.25) is 59.1 Å². The number of aliphatic hydroxyl groups excluding tert-OH is 1. The van der Waals surface area contributed by atoms with Gasteiger partial charge in [0.1, 0.15) is 65.9 Å². The molecule has 1 aliphatic rings. The molecule has 0 aromatic heterocycles. The third-order valence-corrected chi connectivity index (χ3v) is 14.9. The van der Waals surface area contributed by atoms with E-state index in [1.807, 2.05) is 0 Å². The number of aliphatic carboxylic acids is 3. The molecular weight excluding hydrogens is 1170 g/mol. The molecule has 0 unspecified atom stereocenters. The fraction of sp³-hybridized carbons (Fsp3) is 0.569. The second-order valence-corrected chi connectivity index (χ2v) is 22.3. The number of hydrogen-bond acceptors (Lipinski definition) is 18. The number of nitrogens with two attached hydrogens (primary N) is 3. The van der Waals surface area contributed by atoms with Gasteiger partial charge in [-0.15, -0.1) is 0 Å². The van der Waals surface area contributed by atoms with Crippen molar-refractivity contribution in [2.24, 2.45) is 29.0 Å². The molecule has 1 fully saturated rings. The number of likely N-dealkylation sites (tertiary alicyclic amines) is 1. The van der Waals surface area contributed by atoms with Gasteiger partial charge >= 0.3 is 17.9 Å². The average molecular weight is 1260 g/mol. The monoisotopic (exact) mass is 1250 g/mol. The van der Waals surface area contributed by atoms with Crippen molar-refractivity contribution in [3.63, 3.8) is 0 Å².